The van der Waals surface area contributed by atoms with Crippen molar-refractivity contribution in [3.63, 3.8) is 0 Å². The van der Waals surface area contributed by atoms with E-state index >= 15 is 0 Å². The lowest BCUT2D eigenvalue weighted by atomic mass is 10.1. The fourth-order valence-corrected chi connectivity index (χ4v) is 2.69. The largest absolute Gasteiger partial charge is 0.376 e. The zero-order chi connectivity index (χ0) is 28.5. The fourth-order valence-electron chi connectivity index (χ4n) is 2.69. The second-order valence-corrected chi connectivity index (χ2v) is 6.92. The molecule has 0 saturated carbocycles. The average Bonchev–Trinajstić information content (AvgIpc) is 2.88. The summed E-state index contributed by atoms with van der Waals surface area (Å²) in [4.78, 5) is 2.28. The lowest BCUT2D eigenvalue weighted by Crippen LogP contribution is -2.21. The molecule has 1 heteroatoms. The summed E-state index contributed by atoms with van der Waals surface area (Å²) in [6.45, 7) is 38.3. The van der Waals surface area contributed by atoms with Crippen LogP contribution in [0.2, 0.25) is 0 Å². The number of aryl methyl sites for hydroxylation is 2. The van der Waals surface area contributed by atoms with Crippen LogP contribution in [0.3, 0.4) is 0 Å². The van der Waals surface area contributed by atoms with Gasteiger partial charge in [0.2, 0.25) is 0 Å². The van der Waals surface area contributed by atoms with Gasteiger partial charge in [-0.1, -0.05) is 135 Å². The van der Waals surface area contributed by atoms with E-state index in [9.17, 15) is 0 Å². The van der Waals surface area contributed by atoms with Gasteiger partial charge in [-0.15, -0.1) is 6.58 Å². The van der Waals surface area contributed by atoms with E-state index in [2.05, 4.69) is 89.6 Å². The van der Waals surface area contributed by atoms with E-state index in [0.717, 1.165) is 32.4 Å². The minimum atomic E-state index is 0.901. The van der Waals surface area contributed by atoms with E-state index in [1.165, 1.54) is 28.8 Å². The molecule has 0 fully saturated rings. The molecule has 1 aromatic rings. The van der Waals surface area contributed by atoms with Crippen LogP contribution >= 0.6 is 0 Å². The molecular formula is C34H63N. The van der Waals surface area contributed by atoms with Crippen LogP contribution in [0.1, 0.15) is 107 Å². The Labute approximate surface area is 223 Å². The first-order chi connectivity index (χ1) is 16.9. The van der Waals surface area contributed by atoms with Crippen molar-refractivity contribution >= 4 is 0 Å². The summed E-state index contributed by atoms with van der Waals surface area (Å²) in [5.74, 6) is 0. The van der Waals surface area contributed by atoms with Crippen LogP contribution in [0, 0.1) is 6.92 Å². The van der Waals surface area contributed by atoms with Crippen LogP contribution in [0.4, 0.5) is 0 Å². The van der Waals surface area contributed by atoms with Crippen molar-refractivity contribution in [1.82, 2.24) is 4.90 Å². The highest BCUT2D eigenvalue weighted by Gasteiger charge is 2.03. The van der Waals surface area contributed by atoms with Crippen molar-refractivity contribution in [2.45, 2.75) is 109 Å². The number of hydrogen-bond acceptors (Lipinski definition) is 1. The van der Waals surface area contributed by atoms with Crippen LogP contribution in [-0.4, -0.2) is 18.0 Å². The Morgan fingerprint density at radius 1 is 0.914 bits per heavy atom. The molecule has 204 valence electrons. The molecular weight excluding hydrogens is 422 g/mol. The van der Waals surface area contributed by atoms with Gasteiger partial charge in [0, 0.05) is 25.2 Å². The van der Waals surface area contributed by atoms with Gasteiger partial charge in [0.1, 0.15) is 0 Å². The molecule has 1 rings (SSSR count). The Balaban J connectivity index is -0.000000131. The van der Waals surface area contributed by atoms with E-state index in [-0.39, 0.29) is 0 Å². The summed E-state index contributed by atoms with van der Waals surface area (Å²) in [6, 6.07) is 8.62. The summed E-state index contributed by atoms with van der Waals surface area (Å²) in [5.41, 5.74) is 5.17. The molecule has 0 atom stereocenters. The summed E-state index contributed by atoms with van der Waals surface area (Å²) in [5, 5.41) is 0. The third-order valence-electron chi connectivity index (χ3n) is 4.05. The van der Waals surface area contributed by atoms with E-state index in [0.29, 0.717) is 0 Å². The molecule has 0 N–H and O–H groups in total. The highest BCUT2D eigenvalue weighted by Crippen LogP contribution is 2.14. The van der Waals surface area contributed by atoms with E-state index in [1.54, 1.807) is 0 Å². The van der Waals surface area contributed by atoms with Gasteiger partial charge in [-0.2, -0.15) is 0 Å². The van der Waals surface area contributed by atoms with Gasteiger partial charge in [0.15, 0.2) is 0 Å². The molecule has 0 radical (unpaired) electrons. The smallest absolute Gasteiger partial charge is 0.0146 e. The maximum Gasteiger partial charge on any atom is 0.0146 e. The molecule has 0 aliphatic carbocycles. The SMILES string of the molecule is C=C/C=C(\C=C/C)CC(=C)N(CC)CC.C=CCCc1cccc(C)c1.CC.CC.CC.CCC. The number of hydrogen-bond donors (Lipinski definition) is 0. The maximum absolute atomic E-state index is 4.12. The van der Waals surface area contributed by atoms with Crippen molar-refractivity contribution in [2.75, 3.05) is 13.1 Å². The molecule has 1 nitrogen and oxygen atoms in total. The number of benzene rings is 1. The van der Waals surface area contributed by atoms with Crippen LogP contribution in [0.5, 0.6) is 0 Å². The molecule has 0 unspecified atom stereocenters. The van der Waals surface area contributed by atoms with Gasteiger partial charge in [0.25, 0.3) is 0 Å². The maximum atomic E-state index is 4.12. The van der Waals surface area contributed by atoms with Crippen molar-refractivity contribution in [3.05, 3.63) is 96.8 Å². The molecule has 0 amide bonds. The average molecular weight is 486 g/mol. The number of allylic oxidation sites excluding steroid dienone is 6. The van der Waals surface area contributed by atoms with Gasteiger partial charge in [-0.05, 0) is 51.7 Å². The molecule has 0 aliphatic rings. The first kappa shape index (κ1) is 42.8. The molecule has 0 aliphatic heterocycles. The van der Waals surface area contributed by atoms with Gasteiger partial charge < -0.3 is 4.90 Å². The van der Waals surface area contributed by atoms with E-state index in [1.807, 2.05) is 72.8 Å². The predicted molar refractivity (Wildman–Crippen MR) is 169 cm³/mol. The molecule has 0 bridgehead atoms. The molecule has 35 heavy (non-hydrogen) atoms. The Hall–Kier alpha value is -2.28. The zero-order valence-electron chi connectivity index (χ0n) is 26.0. The van der Waals surface area contributed by atoms with Crippen molar-refractivity contribution in [3.8, 4) is 0 Å². The van der Waals surface area contributed by atoms with Crippen LogP contribution in [-0.2, 0) is 6.42 Å². The Kier molecular flexibility index (Phi) is 47.7. The zero-order valence-corrected chi connectivity index (χ0v) is 26.0. The Bertz CT molecular complexity index is 615. The minimum absolute atomic E-state index is 0.901. The van der Waals surface area contributed by atoms with Gasteiger partial charge >= 0.3 is 0 Å². The van der Waals surface area contributed by atoms with Crippen molar-refractivity contribution in [1.29, 1.82) is 0 Å². The molecule has 0 saturated heterocycles. The highest BCUT2D eigenvalue weighted by molar-refractivity contribution is 5.27. The Morgan fingerprint density at radius 2 is 1.43 bits per heavy atom. The second-order valence-electron chi connectivity index (χ2n) is 6.92. The van der Waals surface area contributed by atoms with Crippen molar-refractivity contribution in [2.24, 2.45) is 0 Å². The molecule has 0 spiro atoms. The van der Waals surface area contributed by atoms with Crippen LogP contribution in [0.25, 0.3) is 0 Å². The van der Waals surface area contributed by atoms with Gasteiger partial charge in [-0.3, -0.25) is 0 Å². The van der Waals surface area contributed by atoms with E-state index in [4.69, 9.17) is 0 Å². The first-order valence-electron chi connectivity index (χ1n) is 14.0. The van der Waals surface area contributed by atoms with Gasteiger partial charge in [-0.25, -0.2) is 0 Å². The summed E-state index contributed by atoms with van der Waals surface area (Å²) in [6.07, 6.45) is 14.3. The third kappa shape index (κ3) is 31.7. The fraction of sp³-hybridized carbons (Fsp3) is 0.529. The minimum Gasteiger partial charge on any atom is -0.376 e. The second kappa shape index (κ2) is 39.0. The molecule has 0 aromatic heterocycles. The van der Waals surface area contributed by atoms with Gasteiger partial charge in [0.05, 0.1) is 0 Å². The molecule has 0 heterocycles. The lowest BCUT2D eigenvalue weighted by Gasteiger charge is -2.23. The summed E-state index contributed by atoms with van der Waals surface area (Å²) < 4.78 is 0. The summed E-state index contributed by atoms with van der Waals surface area (Å²) in [7, 11) is 0. The normalized spacial score (nSPS) is 9.09. The lowest BCUT2D eigenvalue weighted by molar-refractivity contribution is 0.376. The monoisotopic (exact) mass is 485 g/mol. The van der Waals surface area contributed by atoms with Crippen LogP contribution in [0.15, 0.2) is 85.7 Å². The highest BCUT2D eigenvalue weighted by atomic mass is 15.1. The topological polar surface area (TPSA) is 3.24 Å². The van der Waals surface area contributed by atoms with Crippen LogP contribution < -0.4 is 0 Å². The number of nitrogens with zero attached hydrogens (tertiary/aromatic N) is 1. The number of rotatable bonds is 10. The third-order valence-corrected chi connectivity index (χ3v) is 4.05. The predicted octanol–water partition coefficient (Wildman–Crippen LogP) is 11.5. The van der Waals surface area contributed by atoms with Crippen molar-refractivity contribution < 1.29 is 0 Å². The standard InChI is InChI=1S/C14H23N.C11H14.C3H8.3C2H6/c1-6-10-14(11-7-2)12-13(5)15(8-3)9-4;1-3-4-7-11-8-5-6-10(2)9-11;1-3-2;3*1-2/h6-7,10-11H,1,5,8-9,12H2,2-4H3;3,5-6,8-9H,1,4,7H2,2H3;3H2,1-2H3;3*1-2H3/b11-7-,14-10+;;;;;. The van der Waals surface area contributed by atoms with E-state index < -0.39 is 0 Å². The summed E-state index contributed by atoms with van der Waals surface area (Å²) >= 11 is 0. The first-order valence-corrected chi connectivity index (χ1v) is 14.0. The quantitative estimate of drug-likeness (QED) is 0.235. The molecule has 1 aromatic carbocycles. The Morgan fingerprint density at radius 3 is 1.80 bits per heavy atom.